The molecule has 0 saturated heterocycles. The summed E-state index contributed by atoms with van der Waals surface area (Å²) in [5.74, 6) is 0.202. The minimum Gasteiger partial charge on any atom is -0.470 e. The summed E-state index contributed by atoms with van der Waals surface area (Å²) in [4.78, 5) is 20.9. The normalized spacial score (nSPS) is 10.2. The van der Waals surface area contributed by atoms with Crippen LogP contribution in [0.15, 0.2) is 24.3 Å². The first-order valence-corrected chi connectivity index (χ1v) is 5.91. The molecule has 0 heterocycles. The monoisotopic (exact) mass is 297 g/mol. The number of nitro benzene ring substituents is 1. The van der Waals surface area contributed by atoms with E-state index in [1.807, 2.05) is 0 Å². The molecule has 0 aliphatic rings. The van der Waals surface area contributed by atoms with Crippen molar-refractivity contribution in [3.63, 3.8) is 0 Å². The Bertz CT molecular complexity index is 558. The van der Waals surface area contributed by atoms with Crippen LogP contribution in [0.1, 0.15) is 0 Å². The Kier molecular flexibility index (Phi) is 6.94. The second-order valence-corrected chi connectivity index (χ2v) is 4.30. The topological polar surface area (TPSA) is 139 Å². The van der Waals surface area contributed by atoms with Crippen molar-refractivity contribution in [2.24, 2.45) is 0 Å². The molecule has 98 valence electrons. The van der Waals surface area contributed by atoms with Crippen LogP contribution in [-0.2, 0) is 10.1 Å². The van der Waals surface area contributed by atoms with Gasteiger partial charge < -0.3 is 15.2 Å². The third-order valence-electron chi connectivity index (χ3n) is 1.67. The number of nitrogens with zero attached hydrogens (tertiary/aromatic N) is 1. The molecule has 0 bridgehead atoms. The van der Waals surface area contributed by atoms with Crippen LogP contribution in [0.4, 0.5) is 16.2 Å². The first-order chi connectivity index (χ1) is 8.28. The van der Waals surface area contributed by atoms with Gasteiger partial charge in [-0.05, 0) is 12.1 Å². The maximum Gasteiger partial charge on any atom is 1.00 e. The molecule has 0 aliphatic heterocycles. The van der Waals surface area contributed by atoms with Crippen LogP contribution < -0.4 is 40.2 Å². The van der Waals surface area contributed by atoms with Gasteiger partial charge in [-0.1, -0.05) is 5.88 Å². The number of rotatable bonds is 4. The van der Waals surface area contributed by atoms with E-state index < -0.39 is 21.1 Å². The smallest absolute Gasteiger partial charge is 0.470 e. The largest absolute Gasteiger partial charge is 1.00 e. The van der Waals surface area contributed by atoms with Gasteiger partial charge >= 0.3 is 29.6 Å². The summed E-state index contributed by atoms with van der Waals surface area (Å²) in [5, 5.41) is 14.3. The summed E-state index contributed by atoms with van der Waals surface area (Å²) in [6, 6.07) is 3.96. The van der Waals surface area contributed by atoms with E-state index in [9.17, 15) is 23.3 Å². The van der Waals surface area contributed by atoms with Crippen LogP contribution in [-0.4, -0.2) is 23.9 Å². The number of nitro groups is 1. The van der Waals surface area contributed by atoms with Gasteiger partial charge in [0.1, 0.15) is 0 Å². The van der Waals surface area contributed by atoms with Crippen LogP contribution in [0.3, 0.4) is 0 Å². The number of urea groups is 1. The van der Waals surface area contributed by atoms with E-state index in [1.54, 1.807) is 5.32 Å². The molecule has 1 aromatic rings. The molecule has 2 amide bonds. The molecule has 9 nitrogen and oxygen atoms in total. The molecule has 0 unspecified atom stereocenters. The first-order valence-electron chi connectivity index (χ1n) is 4.40. The van der Waals surface area contributed by atoms with Crippen molar-refractivity contribution < 1.29 is 52.2 Å². The molecular weight excluding hydrogens is 289 g/mol. The Morgan fingerprint density at radius 1 is 1.32 bits per heavy atom. The SMILES string of the molecule is O=C(N[CH-]S(=O)(=O)O)Nc1ccc([N+](=O)[O-])cc1.[Na+]. The number of hydrogen-bond donors (Lipinski definition) is 3. The number of amides is 2. The van der Waals surface area contributed by atoms with Crippen molar-refractivity contribution >= 4 is 27.5 Å². The average molecular weight is 297 g/mol. The molecule has 3 N–H and O–H groups in total. The van der Waals surface area contributed by atoms with Gasteiger partial charge in [-0.3, -0.25) is 14.9 Å². The molecule has 1 aromatic carbocycles. The zero-order valence-corrected chi connectivity index (χ0v) is 12.5. The van der Waals surface area contributed by atoms with Gasteiger partial charge in [-0.25, -0.2) is 8.42 Å². The fourth-order valence-corrected chi connectivity index (χ4v) is 1.22. The Labute approximate surface area is 130 Å². The van der Waals surface area contributed by atoms with Gasteiger partial charge in [-0.2, -0.15) is 0 Å². The number of non-ortho nitro benzene ring substituents is 1. The summed E-state index contributed by atoms with van der Waals surface area (Å²) < 4.78 is 28.9. The van der Waals surface area contributed by atoms with Crippen molar-refractivity contribution in [3.8, 4) is 0 Å². The van der Waals surface area contributed by atoms with Gasteiger partial charge in [0.15, 0.2) is 10.1 Å². The average Bonchev–Trinajstić information content (AvgIpc) is 2.26. The standard InChI is InChI=1S/C8H8N3O6S.Na/c12-8(9-5-18(15,16)17)10-6-1-3-7(4-2-6)11(13)14;/h1-5H,(H2,9,10,12)(H,15,16,17);/q-1;+1. The summed E-state index contributed by atoms with van der Waals surface area (Å²) >= 11 is 0. The predicted octanol–water partition coefficient (Wildman–Crippen LogP) is -2.27. The van der Waals surface area contributed by atoms with Crippen LogP contribution in [0, 0.1) is 16.0 Å². The second-order valence-electron chi connectivity index (χ2n) is 3.04. The maximum absolute atomic E-state index is 11.1. The van der Waals surface area contributed by atoms with Gasteiger partial charge in [0, 0.05) is 17.8 Å². The van der Waals surface area contributed by atoms with Crippen LogP contribution in [0.25, 0.3) is 0 Å². The van der Waals surface area contributed by atoms with Gasteiger partial charge in [0.25, 0.3) is 11.7 Å². The Balaban J connectivity index is 0.00000324. The molecule has 0 radical (unpaired) electrons. The van der Waals surface area contributed by atoms with E-state index in [-0.39, 0.29) is 46.8 Å². The van der Waals surface area contributed by atoms with Crippen molar-refractivity contribution in [2.45, 2.75) is 0 Å². The molecule has 0 fully saturated rings. The molecule has 0 spiro atoms. The molecule has 0 aromatic heterocycles. The van der Waals surface area contributed by atoms with E-state index in [2.05, 4.69) is 5.32 Å². The summed E-state index contributed by atoms with van der Waals surface area (Å²) in [5.41, 5.74) is 0.0762. The minimum absolute atomic E-state index is 0. The summed E-state index contributed by atoms with van der Waals surface area (Å²) in [7, 11) is -4.42. The molecule has 11 heteroatoms. The van der Waals surface area contributed by atoms with E-state index in [4.69, 9.17) is 4.55 Å². The van der Waals surface area contributed by atoms with Gasteiger partial charge in [0.05, 0.1) is 4.92 Å². The quantitative estimate of drug-likeness (QED) is 0.188. The third kappa shape index (κ3) is 7.08. The number of carbonyl (C=O) groups is 1. The van der Waals surface area contributed by atoms with Crippen molar-refractivity contribution in [1.29, 1.82) is 0 Å². The Hall–Kier alpha value is -1.20. The molecule has 0 atom stereocenters. The van der Waals surface area contributed by atoms with Crippen molar-refractivity contribution in [1.82, 2.24) is 5.32 Å². The predicted molar refractivity (Wildman–Crippen MR) is 61.1 cm³/mol. The van der Waals surface area contributed by atoms with Crippen LogP contribution >= 0.6 is 0 Å². The van der Waals surface area contributed by atoms with Gasteiger partial charge in [-0.15, -0.1) is 0 Å². The maximum atomic E-state index is 11.1. The van der Waals surface area contributed by atoms with E-state index in [1.165, 1.54) is 24.3 Å². The second kappa shape index (κ2) is 7.40. The number of carbonyl (C=O) groups excluding carboxylic acids is 1. The van der Waals surface area contributed by atoms with Crippen molar-refractivity contribution in [2.75, 3.05) is 5.32 Å². The number of benzene rings is 1. The fraction of sp³-hybridized carbons (Fsp3) is 0. The first kappa shape index (κ1) is 17.8. The number of nitrogens with one attached hydrogen (secondary N) is 2. The zero-order valence-electron chi connectivity index (χ0n) is 9.73. The van der Waals surface area contributed by atoms with E-state index in [0.29, 0.717) is 0 Å². The van der Waals surface area contributed by atoms with E-state index >= 15 is 0 Å². The number of hydrogen-bond acceptors (Lipinski definition) is 5. The van der Waals surface area contributed by atoms with Crippen LogP contribution in [0.2, 0.25) is 0 Å². The molecular formula is C8H8N3NaO6S. The van der Waals surface area contributed by atoms with E-state index in [0.717, 1.165) is 0 Å². The molecule has 19 heavy (non-hydrogen) atoms. The Morgan fingerprint density at radius 2 is 1.84 bits per heavy atom. The third-order valence-corrected chi connectivity index (χ3v) is 2.09. The number of anilines is 1. The van der Waals surface area contributed by atoms with Crippen LogP contribution in [0.5, 0.6) is 0 Å². The summed E-state index contributed by atoms with van der Waals surface area (Å²) in [6.45, 7) is 0. The minimum atomic E-state index is -4.42. The molecule has 0 saturated carbocycles. The summed E-state index contributed by atoms with van der Waals surface area (Å²) in [6.07, 6.45) is 0. The fourth-order valence-electron chi connectivity index (χ4n) is 0.962. The molecule has 0 aliphatic carbocycles. The Morgan fingerprint density at radius 3 is 2.26 bits per heavy atom. The van der Waals surface area contributed by atoms with Gasteiger partial charge in [0.2, 0.25) is 0 Å². The molecule has 1 rings (SSSR count). The van der Waals surface area contributed by atoms with Crippen molar-refractivity contribution in [3.05, 3.63) is 40.3 Å². The zero-order chi connectivity index (χ0) is 13.8.